The first-order valence-corrected chi connectivity index (χ1v) is 9.90. The number of non-ortho nitro benzene ring substituents is 1. The molecule has 0 saturated heterocycles. The average Bonchev–Trinajstić information content (AvgIpc) is 3.24. The second-order valence-electron chi connectivity index (χ2n) is 7.43. The van der Waals surface area contributed by atoms with Crippen LogP contribution in [-0.4, -0.2) is 33.7 Å². The Bertz CT molecular complexity index is 1070. The summed E-state index contributed by atoms with van der Waals surface area (Å²) in [5.41, 5.74) is 2.33. The summed E-state index contributed by atoms with van der Waals surface area (Å²) < 4.78 is 11.2. The lowest BCUT2D eigenvalue weighted by Crippen LogP contribution is -2.41. The number of nitro benzene ring substituents is 1. The van der Waals surface area contributed by atoms with Gasteiger partial charge in [-0.15, -0.1) is 0 Å². The summed E-state index contributed by atoms with van der Waals surface area (Å²) in [6.45, 7) is 3.52. The van der Waals surface area contributed by atoms with Gasteiger partial charge in [-0.3, -0.25) is 14.9 Å². The molecule has 0 fully saturated rings. The van der Waals surface area contributed by atoms with Gasteiger partial charge in [0.1, 0.15) is 24.2 Å². The predicted molar refractivity (Wildman–Crippen MR) is 115 cm³/mol. The Labute approximate surface area is 184 Å². The first kappa shape index (κ1) is 23.0. The number of ether oxygens (including phenoxy) is 1. The Hall–Kier alpha value is -3.69. The third-order valence-electron chi connectivity index (χ3n) is 4.80. The number of aliphatic hydroxyl groups excluding tert-OH is 2. The molecule has 32 heavy (non-hydrogen) atoms. The molecule has 2 atom stereocenters. The number of nitro groups is 1. The van der Waals surface area contributed by atoms with Crippen molar-refractivity contribution in [3.8, 4) is 5.75 Å². The number of hydrogen-bond acceptors (Lipinski definition) is 7. The van der Waals surface area contributed by atoms with E-state index in [4.69, 9.17) is 9.15 Å². The van der Waals surface area contributed by atoms with Crippen molar-refractivity contribution in [1.29, 1.82) is 0 Å². The molecule has 3 aromatic rings. The zero-order valence-corrected chi connectivity index (χ0v) is 17.6. The van der Waals surface area contributed by atoms with Crippen molar-refractivity contribution in [1.82, 2.24) is 5.32 Å². The number of nitrogens with one attached hydrogen (secondary N) is 1. The van der Waals surface area contributed by atoms with E-state index in [-0.39, 0.29) is 18.1 Å². The van der Waals surface area contributed by atoms with Crippen LogP contribution in [0.3, 0.4) is 0 Å². The van der Waals surface area contributed by atoms with Gasteiger partial charge in [0.05, 0.1) is 17.6 Å². The lowest BCUT2D eigenvalue weighted by Gasteiger charge is -2.22. The van der Waals surface area contributed by atoms with E-state index in [1.54, 1.807) is 6.07 Å². The number of rotatable bonds is 9. The SMILES string of the molecule is Cc1cc(C)cc(OCc2ccc(C(=O)NC(CO)C(O)c3ccc([N+](=O)[O-])cc3)o2)c1. The standard InChI is InChI=1S/C23H24N2O7/c1-14-9-15(2)11-19(10-14)31-13-18-7-8-21(32-18)23(28)24-20(12-26)22(27)16-3-5-17(6-4-16)25(29)30/h3-11,20,22,26-27H,12-13H2,1-2H3,(H,24,28). The minimum absolute atomic E-state index is 0.00151. The van der Waals surface area contributed by atoms with Gasteiger partial charge >= 0.3 is 0 Å². The molecule has 0 aliphatic heterocycles. The molecule has 168 valence electrons. The number of aryl methyl sites for hydroxylation is 2. The first-order chi connectivity index (χ1) is 15.3. The topological polar surface area (TPSA) is 135 Å². The van der Waals surface area contributed by atoms with Crippen LogP contribution >= 0.6 is 0 Å². The molecule has 2 aromatic carbocycles. The summed E-state index contributed by atoms with van der Waals surface area (Å²) in [6, 6.07) is 13.1. The molecule has 0 radical (unpaired) electrons. The number of carbonyl (C=O) groups is 1. The molecule has 1 heterocycles. The molecular formula is C23H24N2O7. The van der Waals surface area contributed by atoms with Crippen LogP contribution in [0.1, 0.15) is 39.1 Å². The average molecular weight is 440 g/mol. The molecule has 2 unspecified atom stereocenters. The van der Waals surface area contributed by atoms with Gasteiger partial charge in [-0.2, -0.15) is 0 Å². The molecular weight excluding hydrogens is 416 g/mol. The van der Waals surface area contributed by atoms with E-state index < -0.39 is 29.6 Å². The highest BCUT2D eigenvalue weighted by Gasteiger charge is 2.24. The number of nitrogens with zero attached hydrogens (tertiary/aromatic N) is 1. The number of amides is 1. The Morgan fingerprint density at radius 2 is 1.78 bits per heavy atom. The molecule has 3 rings (SSSR count). The van der Waals surface area contributed by atoms with Gasteiger partial charge in [-0.25, -0.2) is 0 Å². The summed E-state index contributed by atoms with van der Waals surface area (Å²) >= 11 is 0. The molecule has 0 saturated carbocycles. The van der Waals surface area contributed by atoms with E-state index in [1.165, 1.54) is 30.3 Å². The second-order valence-corrected chi connectivity index (χ2v) is 7.43. The first-order valence-electron chi connectivity index (χ1n) is 9.90. The van der Waals surface area contributed by atoms with Crippen LogP contribution < -0.4 is 10.1 Å². The van der Waals surface area contributed by atoms with Crippen molar-refractivity contribution in [2.24, 2.45) is 0 Å². The lowest BCUT2D eigenvalue weighted by atomic mass is 10.0. The summed E-state index contributed by atoms with van der Waals surface area (Å²) in [6.07, 6.45) is -1.27. The Morgan fingerprint density at radius 1 is 1.12 bits per heavy atom. The number of aliphatic hydroxyl groups is 2. The number of carbonyl (C=O) groups excluding carboxylic acids is 1. The fourth-order valence-corrected chi connectivity index (χ4v) is 3.24. The second kappa shape index (κ2) is 10.1. The van der Waals surface area contributed by atoms with Gasteiger partial charge in [-0.1, -0.05) is 6.07 Å². The van der Waals surface area contributed by atoms with Crippen molar-refractivity contribution >= 4 is 11.6 Å². The quantitative estimate of drug-likeness (QED) is 0.343. The maximum atomic E-state index is 12.5. The Kier molecular flexibility index (Phi) is 7.24. The number of benzene rings is 2. The maximum absolute atomic E-state index is 12.5. The monoisotopic (exact) mass is 440 g/mol. The fraction of sp³-hybridized carbons (Fsp3) is 0.261. The van der Waals surface area contributed by atoms with Crippen LogP contribution in [0.25, 0.3) is 0 Å². The minimum atomic E-state index is -1.27. The van der Waals surface area contributed by atoms with Gasteiger partial charge in [0.25, 0.3) is 11.6 Å². The lowest BCUT2D eigenvalue weighted by molar-refractivity contribution is -0.384. The van der Waals surface area contributed by atoms with E-state index in [0.29, 0.717) is 17.1 Å². The van der Waals surface area contributed by atoms with Crippen LogP contribution in [0.2, 0.25) is 0 Å². The van der Waals surface area contributed by atoms with Gasteiger partial charge in [0, 0.05) is 12.1 Å². The molecule has 0 bridgehead atoms. The minimum Gasteiger partial charge on any atom is -0.486 e. The summed E-state index contributed by atoms with van der Waals surface area (Å²) in [5.74, 6) is 0.503. The van der Waals surface area contributed by atoms with Gasteiger partial charge < -0.3 is 24.7 Å². The summed E-state index contributed by atoms with van der Waals surface area (Å²) in [7, 11) is 0. The molecule has 1 amide bonds. The van der Waals surface area contributed by atoms with Crippen LogP contribution in [0.4, 0.5) is 5.69 Å². The molecule has 0 aliphatic carbocycles. The zero-order valence-electron chi connectivity index (χ0n) is 17.6. The summed E-state index contributed by atoms with van der Waals surface area (Å²) in [4.78, 5) is 22.7. The highest BCUT2D eigenvalue weighted by molar-refractivity contribution is 5.91. The normalized spacial score (nSPS) is 12.8. The third kappa shape index (κ3) is 5.71. The van der Waals surface area contributed by atoms with Crippen molar-refractivity contribution in [3.05, 3.63) is 92.9 Å². The molecule has 1 aromatic heterocycles. The molecule has 3 N–H and O–H groups in total. The summed E-state index contributed by atoms with van der Waals surface area (Å²) in [5, 5.41) is 33.4. The van der Waals surface area contributed by atoms with Crippen LogP contribution in [0.5, 0.6) is 5.75 Å². The molecule has 0 spiro atoms. The van der Waals surface area contributed by atoms with Crippen molar-refractivity contribution in [2.75, 3.05) is 6.61 Å². The smallest absolute Gasteiger partial charge is 0.287 e. The van der Waals surface area contributed by atoms with Crippen LogP contribution in [-0.2, 0) is 6.61 Å². The van der Waals surface area contributed by atoms with E-state index in [9.17, 15) is 25.1 Å². The Balaban J connectivity index is 1.61. The van der Waals surface area contributed by atoms with E-state index >= 15 is 0 Å². The van der Waals surface area contributed by atoms with E-state index in [2.05, 4.69) is 5.32 Å². The number of hydrogen-bond donors (Lipinski definition) is 3. The Morgan fingerprint density at radius 3 is 2.38 bits per heavy atom. The molecule has 9 nitrogen and oxygen atoms in total. The van der Waals surface area contributed by atoms with Crippen molar-refractivity contribution in [2.45, 2.75) is 32.6 Å². The highest BCUT2D eigenvalue weighted by atomic mass is 16.6. The van der Waals surface area contributed by atoms with E-state index in [1.807, 2.05) is 32.0 Å². The fourth-order valence-electron chi connectivity index (χ4n) is 3.24. The maximum Gasteiger partial charge on any atom is 0.287 e. The number of furan rings is 1. The van der Waals surface area contributed by atoms with Crippen molar-refractivity contribution in [3.63, 3.8) is 0 Å². The van der Waals surface area contributed by atoms with Gasteiger partial charge in [0.2, 0.25) is 0 Å². The van der Waals surface area contributed by atoms with Gasteiger partial charge in [-0.05, 0) is 66.9 Å². The zero-order chi connectivity index (χ0) is 23.3. The van der Waals surface area contributed by atoms with Gasteiger partial charge in [0.15, 0.2) is 5.76 Å². The third-order valence-corrected chi connectivity index (χ3v) is 4.80. The van der Waals surface area contributed by atoms with Crippen molar-refractivity contribution < 1.29 is 29.1 Å². The predicted octanol–water partition coefficient (Wildman–Crippen LogP) is 3.21. The molecule has 9 heteroatoms. The van der Waals surface area contributed by atoms with Crippen LogP contribution in [0, 0.1) is 24.0 Å². The molecule has 0 aliphatic rings. The van der Waals surface area contributed by atoms with Crippen LogP contribution in [0.15, 0.2) is 59.0 Å². The largest absolute Gasteiger partial charge is 0.486 e. The van der Waals surface area contributed by atoms with E-state index in [0.717, 1.165) is 11.1 Å². The highest BCUT2D eigenvalue weighted by Crippen LogP contribution is 2.22.